The third-order valence-corrected chi connectivity index (χ3v) is 2.44. The van der Waals surface area contributed by atoms with E-state index in [9.17, 15) is 0 Å². The fraction of sp³-hybridized carbons (Fsp3) is 1.00. The number of piperidine rings is 1. The number of nitrogens with two attached hydrogens (primary N) is 1. The Morgan fingerprint density at radius 1 is 1.40 bits per heavy atom. The van der Waals surface area contributed by atoms with Gasteiger partial charge in [-0.3, -0.25) is 11.3 Å². The van der Waals surface area contributed by atoms with E-state index in [-0.39, 0.29) is 5.54 Å². The summed E-state index contributed by atoms with van der Waals surface area (Å²) in [6.45, 7) is 4.49. The third kappa shape index (κ3) is 1.68. The molecule has 0 spiro atoms. The lowest BCUT2D eigenvalue weighted by Crippen LogP contribution is -2.53. The van der Waals surface area contributed by atoms with E-state index in [1.165, 1.54) is 0 Å². The van der Waals surface area contributed by atoms with Crippen LogP contribution in [-0.2, 0) is 0 Å². The number of nitrogens with zero attached hydrogens (tertiary/aromatic N) is 1. The first-order valence-electron chi connectivity index (χ1n) is 3.83. The highest BCUT2D eigenvalue weighted by atomic mass is 15.3. The van der Waals surface area contributed by atoms with Gasteiger partial charge in [-0.25, -0.2) is 0 Å². The number of rotatable bonds is 1. The van der Waals surface area contributed by atoms with Crippen molar-refractivity contribution in [1.82, 2.24) is 10.3 Å². The first-order chi connectivity index (χ1) is 4.66. The summed E-state index contributed by atoms with van der Waals surface area (Å²) >= 11 is 0. The third-order valence-electron chi connectivity index (χ3n) is 2.44. The van der Waals surface area contributed by atoms with Crippen molar-refractivity contribution < 1.29 is 0 Å². The molecule has 1 heterocycles. The molecule has 60 valence electrons. The van der Waals surface area contributed by atoms with Crippen LogP contribution < -0.4 is 11.3 Å². The van der Waals surface area contributed by atoms with Crippen LogP contribution >= 0.6 is 0 Å². The molecule has 3 heteroatoms. The van der Waals surface area contributed by atoms with Crippen molar-refractivity contribution in [3.63, 3.8) is 0 Å². The van der Waals surface area contributed by atoms with Gasteiger partial charge in [0, 0.05) is 5.54 Å². The quantitative estimate of drug-likeness (QED) is 0.399. The molecule has 0 amide bonds. The van der Waals surface area contributed by atoms with Crippen LogP contribution in [0, 0.1) is 0 Å². The summed E-state index contributed by atoms with van der Waals surface area (Å²) in [5, 5.41) is 0. The number of nitrogens with one attached hydrogen (secondary N) is 1. The molecule has 0 aromatic carbocycles. The average Bonchev–Trinajstić information content (AvgIpc) is 1.96. The van der Waals surface area contributed by atoms with Gasteiger partial charge in [-0.2, -0.15) is 0 Å². The van der Waals surface area contributed by atoms with E-state index in [4.69, 9.17) is 5.84 Å². The first kappa shape index (κ1) is 7.98. The van der Waals surface area contributed by atoms with Gasteiger partial charge in [0.25, 0.3) is 0 Å². The summed E-state index contributed by atoms with van der Waals surface area (Å²) in [5.74, 6) is 5.41. The second kappa shape index (κ2) is 2.86. The standard InChI is InChI=1S/C7H17N3/c1-7(9-8)3-5-10(2)6-4-7/h9H,3-6,8H2,1-2H3. The van der Waals surface area contributed by atoms with E-state index in [0.717, 1.165) is 25.9 Å². The van der Waals surface area contributed by atoms with Crippen LogP contribution in [0.2, 0.25) is 0 Å². The van der Waals surface area contributed by atoms with Crippen LogP contribution in [0.3, 0.4) is 0 Å². The molecule has 0 atom stereocenters. The number of hydrogen-bond donors (Lipinski definition) is 2. The van der Waals surface area contributed by atoms with E-state index < -0.39 is 0 Å². The van der Waals surface area contributed by atoms with Gasteiger partial charge in [0.2, 0.25) is 0 Å². The van der Waals surface area contributed by atoms with Crippen molar-refractivity contribution in [3.8, 4) is 0 Å². The summed E-state index contributed by atoms with van der Waals surface area (Å²) in [5.41, 5.74) is 3.06. The highest BCUT2D eigenvalue weighted by Gasteiger charge is 2.26. The van der Waals surface area contributed by atoms with Crippen LogP contribution in [0.4, 0.5) is 0 Å². The lowest BCUT2D eigenvalue weighted by Gasteiger charge is -2.37. The van der Waals surface area contributed by atoms with Gasteiger partial charge >= 0.3 is 0 Å². The van der Waals surface area contributed by atoms with Crippen molar-refractivity contribution in [1.29, 1.82) is 0 Å². The zero-order valence-corrected chi connectivity index (χ0v) is 6.85. The van der Waals surface area contributed by atoms with Crippen molar-refractivity contribution >= 4 is 0 Å². The van der Waals surface area contributed by atoms with Crippen LogP contribution in [0.5, 0.6) is 0 Å². The first-order valence-corrected chi connectivity index (χ1v) is 3.83. The largest absolute Gasteiger partial charge is 0.306 e. The molecule has 0 radical (unpaired) electrons. The maximum atomic E-state index is 5.41. The molecule has 0 bridgehead atoms. The van der Waals surface area contributed by atoms with Crippen molar-refractivity contribution in [2.75, 3.05) is 20.1 Å². The van der Waals surface area contributed by atoms with E-state index in [1.54, 1.807) is 0 Å². The average molecular weight is 143 g/mol. The predicted molar refractivity (Wildman–Crippen MR) is 42.5 cm³/mol. The van der Waals surface area contributed by atoms with Gasteiger partial charge in [-0.05, 0) is 39.9 Å². The fourth-order valence-electron chi connectivity index (χ4n) is 1.26. The van der Waals surface area contributed by atoms with Gasteiger partial charge < -0.3 is 4.90 Å². The van der Waals surface area contributed by atoms with E-state index in [1.807, 2.05) is 0 Å². The van der Waals surface area contributed by atoms with E-state index >= 15 is 0 Å². The highest BCUT2D eigenvalue weighted by Crippen LogP contribution is 2.18. The molecule has 0 aromatic rings. The van der Waals surface area contributed by atoms with E-state index in [0.29, 0.717) is 0 Å². The highest BCUT2D eigenvalue weighted by molar-refractivity contribution is 4.86. The van der Waals surface area contributed by atoms with Gasteiger partial charge in [0.05, 0.1) is 0 Å². The molecule has 0 unspecified atom stereocenters. The molecule has 1 aliphatic rings. The molecule has 10 heavy (non-hydrogen) atoms. The van der Waals surface area contributed by atoms with Gasteiger partial charge in [0.15, 0.2) is 0 Å². The molecule has 3 nitrogen and oxygen atoms in total. The monoisotopic (exact) mass is 143 g/mol. The molecule has 0 saturated carbocycles. The van der Waals surface area contributed by atoms with Crippen molar-refractivity contribution in [2.24, 2.45) is 5.84 Å². The van der Waals surface area contributed by atoms with Gasteiger partial charge in [0.1, 0.15) is 0 Å². The Labute approximate surface area is 62.5 Å². The van der Waals surface area contributed by atoms with Crippen LogP contribution in [0.1, 0.15) is 19.8 Å². The maximum absolute atomic E-state index is 5.41. The summed E-state index contributed by atoms with van der Waals surface area (Å²) in [4.78, 5) is 2.33. The fourth-order valence-corrected chi connectivity index (χ4v) is 1.26. The Hall–Kier alpha value is -0.120. The minimum atomic E-state index is 0.187. The number of hydrazine groups is 1. The van der Waals surface area contributed by atoms with Gasteiger partial charge in [-0.15, -0.1) is 0 Å². The zero-order chi connectivity index (χ0) is 7.61. The topological polar surface area (TPSA) is 41.3 Å². The molecule has 1 aliphatic heterocycles. The Bertz CT molecular complexity index is 105. The summed E-state index contributed by atoms with van der Waals surface area (Å²) < 4.78 is 0. The Morgan fingerprint density at radius 2 is 1.90 bits per heavy atom. The molecule has 3 N–H and O–H groups in total. The van der Waals surface area contributed by atoms with Crippen LogP contribution in [-0.4, -0.2) is 30.6 Å². The molecular formula is C7H17N3. The summed E-state index contributed by atoms with van der Waals surface area (Å²) in [6.07, 6.45) is 2.31. The maximum Gasteiger partial charge on any atom is 0.0317 e. The van der Waals surface area contributed by atoms with Crippen LogP contribution in [0.25, 0.3) is 0 Å². The number of hydrogen-bond acceptors (Lipinski definition) is 3. The SMILES string of the molecule is CN1CCC(C)(NN)CC1. The Kier molecular flexibility index (Phi) is 2.28. The molecular weight excluding hydrogens is 126 g/mol. The summed E-state index contributed by atoms with van der Waals surface area (Å²) in [7, 11) is 2.15. The Balaban J connectivity index is 2.38. The van der Waals surface area contributed by atoms with Crippen LogP contribution in [0.15, 0.2) is 0 Å². The predicted octanol–water partition coefficient (Wildman–Crippen LogP) is -0.0660. The smallest absolute Gasteiger partial charge is 0.0317 e. The molecule has 1 rings (SSSR count). The minimum absolute atomic E-state index is 0.187. The Morgan fingerprint density at radius 3 is 2.30 bits per heavy atom. The second-order valence-electron chi connectivity index (χ2n) is 3.51. The number of likely N-dealkylation sites (tertiary alicyclic amines) is 1. The minimum Gasteiger partial charge on any atom is -0.306 e. The molecule has 0 aliphatic carbocycles. The van der Waals surface area contributed by atoms with Crippen molar-refractivity contribution in [2.45, 2.75) is 25.3 Å². The molecule has 1 fully saturated rings. The lowest BCUT2D eigenvalue weighted by molar-refractivity contribution is 0.171. The molecule has 0 aromatic heterocycles. The van der Waals surface area contributed by atoms with Gasteiger partial charge in [-0.1, -0.05) is 0 Å². The van der Waals surface area contributed by atoms with Crippen molar-refractivity contribution in [3.05, 3.63) is 0 Å². The van der Waals surface area contributed by atoms with E-state index in [2.05, 4.69) is 24.3 Å². The lowest BCUT2D eigenvalue weighted by atomic mass is 9.91. The zero-order valence-electron chi connectivity index (χ0n) is 6.85. The second-order valence-corrected chi connectivity index (χ2v) is 3.51. The summed E-state index contributed by atoms with van der Waals surface area (Å²) in [6, 6.07) is 0. The molecule has 1 saturated heterocycles. The normalized spacial score (nSPS) is 26.7.